The third-order valence-corrected chi connectivity index (χ3v) is 3.34. The first-order chi connectivity index (χ1) is 10.0. The molecule has 0 aliphatic heterocycles. The number of hydrogen-bond acceptors (Lipinski definition) is 3. The number of pyridine rings is 1. The summed E-state index contributed by atoms with van der Waals surface area (Å²) in [6.07, 6.45) is 0. The zero-order valence-corrected chi connectivity index (χ0v) is 13.0. The fraction of sp³-hybridized carbons (Fsp3) is 0.250. The smallest absolute Gasteiger partial charge is 0.272 e. The van der Waals surface area contributed by atoms with Gasteiger partial charge in [0.1, 0.15) is 11.4 Å². The lowest BCUT2D eigenvalue weighted by Crippen LogP contribution is -2.27. The highest BCUT2D eigenvalue weighted by Gasteiger charge is 2.15. The lowest BCUT2D eigenvalue weighted by atomic mass is 10.2. The van der Waals surface area contributed by atoms with Crippen LogP contribution in [0.25, 0.3) is 0 Å². The van der Waals surface area contributed by atoms with E-state index >= 15 is 0 Å². The van der Waals surface area contributed by atoms with E-state index in [1.807, 2.05) is 19.1 Å². The third kappa shape index (κ3) is 3.73. The van der Waals surface area contributed by atoms with Gasteiger partial charge in [-0.3, -0.25) is 4.79 Å². The van der Waals surface area contributed by atoms with Crippen molar-refractivity contribution >= 4 is 17.5 Å². The predicted molar refractivity (Wildman–Crippen MR) is 82.8 cm³/mol. The molecule has 0 unspecified atom stereocenters. The normalized spacial score (nSPS) is 10.3. The fourth-order valence-electron chi connectivity index (χ4n) is 2.06. The van der Waals surface area contributed by atoms with Gasteiger partial charge in [0.15, 0.2) is 0 Å². The van der Waals surface area contributed by atoms with Gasteiger partial charge in [-0.05, 0) is 37.3 Å². The summed E-state index contributed by atoms with van der Waals surface area (Å²) in [5.74, 6) is 0.567. The summed E-state index contributed by atoms with van der Waals surface area (Å²) in [7, 11) is 3.32. The van der Waals surface area contributed by atoms with Crippen molar-refractivity contribution in [3.63, 3.8) is 0 Å². The molecule has 110 valence electrons. The van der Waals surface area contributed by atoms with Crippen molar-refractivity contribution < 1.29 is 9.53 Å². The van der Waals surface area contributed by atoms with Crippen LogP contribution < -0.4 is 4.74 Å². The summed E-state index contributed by atoms with van der Waals surface area (Å²) in [5, 5.41) is 0.611. The van der Waals surface area contributed by atoms with E-state index < -0.39 is 0 Å². The first-order valence-corrected chi connectivity index (χ1v) is 6.90. The molecule has 0 saturated heterocycles. The van der Waals surface area contributed by atoms with E-state index in [-0.39, 0.29) is 5.91 Å². The Morgan fingerprint density at radius 3 is 2.76 bits per heavy atom. The molecule has 0 spiro atoms. The van der Waals surface area contributed by atoms with Crippen LogP contribution >= 0.6 is 11.6 Å². The number of carbonyl (C=O) groups excluding carboxylic acids is 1. The van der Waals surface area contributed by atoms with Crippen LogP contribution in [-0.4, -0.2) is 29.9 Å². The Balaban J connectivity index is 2.19. The second kappa shape index (κ2) is 6.59. The van der Waals surface area contributed by atoms with E-state index in [9.17, 15) is 4.79 Å². The molecule has 1 aromatic carbocycles. The number of hydrogen-bond donors (Lipinski definition) is 0. The molecule has 21 heavy (non-hydrogen) atoms. The lowest BCUT2D eigenvalue weighted by molar-refractivity contribution is 0.0778. The minimum absolute atomic E-state index is 0.138. The summed E-state index contributed by atoms with van der Waals surface area (Å²) in [4.78, 5) is 18.2. The monoisotopic (exact) mass is 304 g/mol. The fourth-order valence-corrected chi connectivity index (χ4v) is 2.25. The van der Waals surface area contributed by atoms with Crippen molar-refractivity contribution in [3.05, 3.63) is 58.4 Å². The molecule has 0 aliphatic carbocycles. The molecule has 0 fully saturated rings. The number of aryl methyl sites for hydroxylation is 1. The number of carbonyl (C=O) groups is 1. The average Bonchev–Trinajstić information content (AvgIpc) is 2.46. The van der Waals surface area contributed by atoms with Crippen molar-refractivity contribution in [1.82, 2.24) is 9.88 Å². The topological polar surface area (TPSA) is 42.4 Å². The van der Waals surface area contributed by atoms with Gasteiger partial charge in [0, 0.05) is 29.9 Å². The quantitative estimate of drug-likeness (QED) is 0.870. The number of nitrogens with zero attached hydrogens (tertiary/aromatic N) is 2. The Kier molecular flexibility index (Phi) is 4.81. The Morgan fingerprint density at radius 2 is 2.10 bits per heavy atom. The number of methoxy groups -OCH3 is 1. The molecule has 0 saturated carbocycles. The van der Waals surface area contributed by atoms with Crippen LogP contribution in [0.15, 0.2) is 36.4 Å². The van der Waals surface area contributed by atoms with Crippen LogP contribution in [0.1, 0.15) is 21.7 Å². The Bertz CT molecular complexity index is 658. The molecule has 0 radical (unpaired) electrons. The summed E-state index contributed by atoms with van der Waals surface area (Å²) in [6.45, 7) is 2.26. The van der Waals surface area contributed by atoms with Crippen molar-refractivity contribution in [2.24, 2.45) is 0 Å². The zero-order chi connectivity index (χ0) is 15.4. The van der Waals surface area contributed by atoms with Gasteiger partial charge in [0.05, 0.1) is 7.11 Å². The molecular weight excluding hydrogens is 288 g/mol. The maximum Gasteiger partial charge on any atom is 0.272 e. The zero-order valence-electron chi connectivity index (χ0n) is 12.3. The molecule has 2 rings (SSSR count). The Hall–Kier alpha value is -2.07. The Labute approximate surface area is 129 Å². The predicted octanol–water partition coefficient (Wildman–Crippen LogP) is 3.32. The number of benzene rings is 1. The summed E-state index contributed by atoms with van der Waals surface area (Å²) in [6, 6.07) is 10.7. The van der Waals surface area contributed by atoms with Crippen molar-refractivity contribution in [2.45, 2.75) is 13.5 Å². The van der Waals surface area contributed by atoms with Crippen LogP contribution in [-0.2, 0) is 6.54 Å². The van der Waals surface area contributed by atoms with Gasteiger partial charge in [-0.15, -0.1) is 0 Å². The van der Waals surface area contributed by atoms with Gasteiger partial charge in [-0.25, -0.2) is 4.98 Å². The summed E-state index contributed by atoms with van der Waals surface area (Å²) >= 11 is 6.00. The van der Waals surface area contributed by atoms with Gasteiger partial charge >= 0.3 is 0 Å². The first kappa shape index (κ1) is 15.3. The molecule has 0 N–H and O–H groups in total. The first-order valence-electron chi connectivity index (χ1n) is 6.53. The molecule has 0 atom stereocenters. The molecule has 1 amide bonds. The lowest BCUT2D eigenvalue weighted by Gasteiger charge is -2.19. The van der Waals surface area contributed by atoms with Crippen LogP contribution in [0.4, 0.5) is 0 Å². The second-order valence-electron chi connectivity index (χ2n) is 4.78. The number of halogens is 1. The summed E-state index contributed by atoms with van der Waals surface area (Å²) in [5.41, 5.74) is 2.10. The molecule has 4 nitrogen and oxygen atoms in total. The molecule has 1 heterocycles. The standard InChI is InChI=1S/C16H17ClN2O2/c1-11-5-4-6-14(18-11)16(20)19(2)10-12-9-13(17)7-8-15(12)21-3/h4-9H,10H2,1-3H3. The number of ether oxygens (including phenoxy) is 1. The maximum absolute atomic E-state index is 12.4. The molecule has 1 aromatic heterocycles. The van der Waals surface area contributed by atoms with Gasteiger partial charge in [0.2, 0.25) is 0 Å². The van der Waals surface area contributed by atoms with E-state index in [0.717, 1.165) is 11.3 Å². The highest BCUT2D eigenvalue weighted by atomic mass is 35.5. The van der Waals surface area contributed by atoms with E-state index in [0.29, 0.717) is 23.0 Å². The summed E-state index contributed by atoms with van der Waals surface area (Å²) < 4.78 is 5.29. The van der Waals surface area contributed by atoms with E-state index in [4.69, 9.17) is 16.3 Å². The molecule has 0 bridgehead atoms. The van der Waals surface area contributed by atoms with E-state index in [1.165, 1.54) is 0 Å². The van der Waals surface area contributed by atoms with Crippen molar-refractivity contribution in [2.75, 3.05) is 14.2 Å². The van der Waals surface area contributed by atoms with E-state index in [1.54, 1.807) is 43.3 Å². The van der Waals surface area contributed by atoms with Gasteiger partial charge in [-0.1, -0.05) is 17.7 Å². The SMILES string of the molecule is COc1ccc(Cl)cc1CN(C)C(=O)c1cccc(C)n1. The minimum Gasteiger partial charge on any atom is -0.496 e. The maximum atomic E-state index is 12.4. The van der Waals surface area contributed by atoms with Crippen LogP contribution in [0.3, 0.4) is 0 Å². The second-order valence-corrected chi connectivity index (χ2v) is 5.22. The number of rotatable bonds is 4. The van der Waals surface area contributed by atoms with E-state index in [2.05, 4.69) is 4.98 Å². The van der Waals surface area contributed by atoms with Crippen molar-refractivity contribution in [1.29, 1.82) is 0 Å². The van der Waals surface area contributed by atoms with Crippen molar-refractivity contribution in [3.8, 4) is 5.75 Å². The largest absolute Gasteiger partial charge is 0.496 e. The van der Waals surface area contributed by atoms with Gasteiger partial charge in [0.25, 0.3) is 5.91 Å². The van der Waals surface area contributed by atoms with Gasteiger partial charge in [-0.2, -0.15) is 0 Å². The van der Waals surface area contributed by atoms with Crippen LogP contribution in [0.2, 0.25) is 5.02 Å². The highest BCUT2D eigenvalue weighted by molar-refractivity contribution is 6.30. The molecule has 2 aromatic rings. The van der Waals surface area contributed by atoms with Crippen LogP contribution in [0, 0.1) is 6.92 Å². The molecular formula is C16H17ClN2O2. The number of aromatic nitrogens is 1. The van der Waals surface area contributed by atoms with Gasteiger partial charge < -0.3 is 9.64 Å². The minimum atomic E-state index is -0.138. The third-order valence-electron chi connectivity index (χ3n) is 3.10. The molecule has 0 aliphatic rings. The van der Waals surface area contributed by atoms with Crippen LogP contribution in [0.5, 0.6) is 5.75 Å². The highest BCUT2D eigenvalue weighted by Crippen LogP contribution is 2.24. The average molecular weight is 305 g/mol. The Morgan fingerprint density at radius 1 is 1.33 bits per heavy atom. The number of amides is 1. The molecule has 5 heteroatoms.